The van der Waals surface area contributed by atoms with Crippen molar-refractivity contribution in [1.29, 1.82) is 5.26 Å². The van der Waals surface area contributed by atoms with Crippen molar-refractivity contribution in [2.45, 2.75) is 12.8 Å². The Kier molecular flexibility index (Phi) is 5.49. The van der Waals surface area contributed by atoms with Crippen molar-refractivity contribution in [3.63, 3.8) is 0 Å². The van der Waals surface area contributed by atoms with Crippen LogP contribution in [-0.4, -0.2) is 45.7 Å². The van der Waals surface area contributed by atoms with E-state index in [1.54, 1.807) is 16.6 Å². The summed E-state index contributed by atoms with van der Waals surface area (Å²) in [5.41, 5.74) is 0.875. The number of aromatic nitrogens is 3. The summed E-state index contributed by atoms with van der Waals surface area (Å²) in [7, 11) is 1.55. The summed E-state index contributed by atoms with van der Waals surface area (Å²) in [5.74, 6) is -0.119. The summed E-state index contributed by atoms with van der Waals surface area (Å²) in [6, 6.07) is 9.50. The van der Waals surface area contributed by atoms with Gasteiger partial charge in [0.1, 0.15) is 6.33 Å². The Hall–Kier alpha value is -2.88. The number of hydrogen-bond donors (Lipinski definition) is 1. The fourth-order valence-corrected chi connectivity index (χ4v) is 2.00. The van der Waals surface area contributed by atoms with Crippen molar-refractivity contribution >= 4 is 5.91 Å². The van der Waals surface area contributed by atoms with Gasteiger partial charge in [0.05, 0.1) is 5.69 Å². The van der Waals surface area contributed by atoms with Gasteiger partial charge in [0.2, 0.25) is 5.82 Å². The number of nitriles is 1. The van der Waals surface area contributed by atoms with Gasteiger partial charge in [0.15, 0.2) is 6.19 Å². The summed E-state index contributed by atoms with van der Waals surface area (Å²) in [5, 5.41) is 14.8. The number of carbonyl (C=O) groups is 1. The lowest BCUT2D eigenvalue weighted by Crippen LogP contribution is -2.19. The van der Waals surface area contributed by atoms with Crippen LogP contribution in [0.4, 0.5) is 0 Å². The third kappa shape index (κ3) is 4.06. The van der Waals surface area contributed by atoms with Crippen LogP contribution in [0.3, 0.4) is 0 Å². The summed E-state index contributed by atoms with van der Waals surface area (Å²) >= 11 is 0. The normalized spacial score (nSPS) is 13.0. The van der Waals surface area contributed by atoms with Crippen molar-refractivity contribution < 1.29 is 4.79 Å². The minimum absolute atomic E-state index is 0.168. The molecular formula is C15H18N6O. The van der Waals surface area contributed by atoms with Gasteiger partial charge in [-0.3, -0.25) is 4.79 Å². The van der Waals surface area contributed by atoms with Gasteiger partial charge >= 0.3 is 0 Å². The number of nitrogens with one attached hydrogen (secondary N) is 1. The quantitative estimate of drug-likeness (QED) is 0.842. The molecule has 0 saturated carbocycles. The van der Waals surface area contributed by atoms with E-state index in [9.17, 15) is 4.79 Å². The molecular weight excluding hydrogens is 280 g/mol. The van der Waals surface area contributed by atoms with Crippen LogP contribution in [-0.2, 0) is 0 Å². The Morgan fingerprint density at radius 1 is 1.27 bits per heavy atom. The third-order valence-corrected chi connectivity index (χ3v) is 3.19. The molecule has 1 aliphatic heterocycles. The number of para-hydroxylation sites is 1. The van der Waals surface area contributed by atoms with Gasteiger partial charge in [-0.2, -0.15) is 5.26 Å². The average Bonchev–Trinajstić information content (AvgIpc) is 3.27. The molecule has 1 aliphatic rings. The summed E-state index contributed by atoms with van der Waals surface area (Å²) in [4.78, 5) is 16.9. The van der Waals surface area contributed by atoms with E-state index >= 15 is 0 Å². The maximum Gasteiger partial charge on any atom is 0.290 e. The highest BCUT2D eigenvalue weighted by Gasteiger charge is 2.09. The number of carbonyl (C=O) groups excluding carboxylic acids is 1. The molecule has 1 saturated heterocycles. The Bertz CT molecular complexity index is 640. The van der Waals surface area contributed by atoms with E-state index in [0.717, 1.165) is 18.8 Å². The van der Waals surface area contributed by atoms with E-state index in [0.29, 0.717) is 0 Å². The summed E-state index contributed by atoms with van der Waals surface area (Å²) in [6.45, 7) is 1.97. The SMILES string of the molecule is CNC(=O)c1ncn(-c2ccccc2)n1.N#CN1CCCC1. The Morgan fingerprint density at radius 2 is 1.95 bits per heavy atom. The largest absolute Gasteiger partial charge is 0.352 e. The van der Waals surface area contributed by atoms with Gasteiger partial charge in [-0.05, 0) is 25.0 Å². The second-order valence-electron chi connectivity index (χ2n) is 4.72. The fraction of sp³-hybridized carbons (Fsp3) is 0.333. The molecule has 0 radical (unpaired) electrons. The highest BCUT2D eigenvalue weighted by molar-refractivity contribution is 5.89. The Balaban J connectivity index is 0.000000211. The standard InChI is InChI=1S/C10H10N4O.C5H8N2/c1-11-10(15)9-12-7-14(13-9)8-5-3-2-4-6-8;6-5-7-3-1-2-4-7/h2-7H,1H3,(H,11,15);1-4H2. The first-order valence-corrected chi connectivity index (χ1v) is 7.08. The molecule has 0 aliphatic carbocycles. The van der Waals surface area contributed by atoms with E-state index in [2.05, 4.69) is 21.6 Å². The second kappa shape index (κ2) is 7.78. The summed E-state index contributed by atoms with van der Waals surface area (Å²) < 4.78 is 1.56. The third-order valence-electron chi connectivity index (χ3n) is 3.19. The maximum atomic E-state index is 11.2. The van der Waals surface area contributed by atoms with E-state index in [-0.39, 0.29) is 11.7 Å². The average molecular weight is 298 g/mol. The molecule has 7 heteroatoms. The molecule has 114 valence electrons. The summed E-state index contributed by atoms with van der Waals surface area (Å²) in [6.07, 6.45) is 6.01. The van der Waals surface area contributed by atoms with Crippen molar-refractivity contribution in [1.82, 2.24) is 25.0 Å². The highest BCUT2D eigenvalue weighted by atomic mass is 16.2. The van der Waals surface area contributed by atoms with E-state index in [1.807, 2.05) is 30.3 Å². The van der Waals surface area contributed by atoms with Crippen molar-refractivity contribution in [3.8, 4) is 11.9 Å². The van der Waals surface area contributed by atoms with Crippen molar-refractivity contribution in [3.05, 3.63) is 42.5 Å². The maximum absolute atomic E-state index is 11.2. The lowest BCUT2D eigenvalue weighted by Gasteiger charge is -2.00. The minimum Gasteiger partial charge on any atom is -0.352 e. The number of rotatable bonds is 2. The molecule has 0 bridgehead atoms. The zero-order valence-corrected chi connectivity index (χ0v) is 12.4. The van der Waals surface area contributed by atoms with Gasteiger partial charge in [-0.1, -0.05) is 18.2 Å². The van der Waals surface area contributed by atoms with Crippen LogP contribution in [0, 0.1) is 11.5 Å². The molecule has 7 nitrogen and oxygen atoms in total. The molecule has 3 rings (SSSR count). The number of hydrogen-bond acceptors (Lipinski definition) is 5. The lowest BCUT2D eigenvalue weighted by atomic mass is 10.3. The number of likely N-dealkylation sites (tertiary alicyclic amines) is 1. The molecule has 1 amide bonds. The topological polar surface area (TPSA) is 86.8 Å². The minimum atomic E-state index is -0.287. The first-order valence-electron chi connectivity index (χ1n) is 7.08. The molecule has 0 unspecified atom stereocenters. The molecule has 1 fully saturated rings. The zero-order valence-electron chi connectivity index (χ0n) is 12.4. The monoisotopic (exact) mass is 298 g/mol. The predicted molar refractivity (Wildman–Crippen MR) is 81.2 cm³/mol. The fourth-order valence-electron chi connectivity index (χ4n) is 2.00. The van der Waals surface area contributed by atoms with Crippen LogP contribution in [0.15, 0.2) is 36.7 Å². The van der Waals surface area contributed by atoms with Gasteiger partial charge in [-0.15, -0.1) is 5.10 Å². The number of benzene rings is 1. The first-order chi connectivity index (χ1) is 10.7. The molecule has 2 aromatic rings. The van der Waals surface area contributed by atoms with E-state index in [1.165, 1.54) is 19.2 Å². The molecule has 22 heavy (non-hydrogen) atoms. The van der Waals surface area contributed by atoms with E-state index < -0.39 is 0 Å². The molecule has 1 N–H and O–H groups in total. The molecule has 1 aromatic heterocycles. The van der Waals surface area contributed by atoms with Crippen molar-refractivity contribution in [2.75, 3.05) is 20.1 Å². The number of amides is 1. The smallest absolute Gasteiger partial charge is 0.290 e. The van der Waals surface area contributed by atoms with Gasteiger partial charge in [0, 0.05) is 20.1 Å². The van der Waals surface area contributed by atoms with Crippen LogP contribution >= 0.6 is 0 Å². The zero-order chi connectivity index (χ0) is 15.8. The van der Waals surface area contributed by atoms with Gasteiger partial charge in [0.25, 0.3) is 5.91 Å². The molecule has 2 heterocycles. The van der Waals surface area contributed by atoms with Crippen LogP contribution in [0.25, 0.3) is 5.69 Å². The first kappa shape index (κ1) is 15.5. The highest BCUT2D eigenvalue weighted by Crippen LogP contribution is 2.04. The molecule has 0 spiro atoms. The second-order valence-corrected chi connectivity index (χ2v) is 4.72. The predicted octanol–water partition coefficient (Wildman–Crippen LogP) is 1.19. The van der Waals surface area contributed by atoms with Crippen LogP contribution in [0.5, 0.6) is 0 Å². The van der Waals surface area contributed by atoms with Gasteiger partial charge in [-0.25, -0.2) is 9.67 Å². The Morgan fingerprint density at radius 3 is 2.50 bits per heavy atom. The van der Waals surface area contributed by atoms with Crippen molar-refractivity contribution in [2.24, 2.45) is 0 Å². The lowest BCUT2D eigenvalue weighted by molar-refractivity contribution is 0.0953. The molecule has 1 aromatic carbocycles. The Labute approximate surface area is 129 Å². The van der Waals surface area contributed by atoms with Gasteiger partial charge < -0.3 is 10.2 Å². The number of nitrogens with zero attached hydrogens (tertiary/aromatic N) is 5. The van der Waals surface area contributed by atoms with Crippen LogP contribution in [0.2, 0.25) is 0 Å². The molecule has 0 atom stereocenters. The van der Waals surface area contributed by atoms with E-state index in [4.69, 9.17) is 5.26 Å². The van der Waals surface area contributed by atoms with Crippen LogP contribution in [0.1, 0.15) is 23.5 Å². The van der Waals surface area contributed by atoms with Crippen LogP contribution < -0.4 is 5.32 Å².